The van der Waals surface area contributed by atoms with Gasteiger partial charge in [0.25, 0.3) is 0 Å². The van der Waals surface area contributed by atoms with Crippen LogP contribution < -0.4 is 5.32 Å². The number of fused-ring (bicyclic) bond motifs is 1. The van der Waals surface area contributed by atoms with Crippen LogP contribution in [0.3, 0.4) is 0 Å². The number of aryl methyl sites for hydroxylation is 2. The predicted molar refractivity (Wildman–Crippen MR) is 110 cm³/mol. The van der Waals surface area contributed by atoms with Gasteiger partial charge in [-0.1, -0.05) is 12.1 Å². The Bertz CT molecular complexity index is 951. The Morgan fingerprint density at radius 3 is 3.07 bits per heavy atom. The van der Waals surface area contributed by atoms with Gasteiger partial charge in [-0.2, -0.15) is 5.10 Å². The van der Waals surface area contributed by atoms with E-state index in [0.717, 1.165) is 38.4 Å². The molecular weight excluding hydrogens is 336 g/mol. The zero-order chi connectivity index (χ0) is 18.8. The summed E-state index contributed by atoms with van der Waals surface area (Å²) in [4.78, 5) is 10.3. The molecule has 27 heavy (non-hydrogen) atoms. The van der Waals surface area contributed by atoms with Gasteiger partial charge in [-0.15, -0.1) is 0 Å². The summed E-state index contributed by atoms with van der Waals surface area (Å²) in [5.74, 6) is 1.53. The van der Waals surface area contributed by atoms with Crippen LogP contribution in [-0.2, 0) is 13.5 Å². The third-order valence-corrected chi connectivity index (χ3v) is 5.57. The number of H-pyrrole nitrogens is 1. The van der Waals surface area contributed by atoms with Crippen molar-refractivity contribution in [2.75, 3.05) is 26.7 Å². The van der Waals surface area contributed by atoms with E-state index in [2.05, 4.69) is 62.8 Å². The molecule has 0 bridgehead atoms. The SMILES string of the molecule is CN=C(NCCc1c[nH]c2cccc(C)c12)N1CCC(c2cnn(C)c2)C1. The molecule has 0 saturated carbocycles. The van der Waals surface area contributed by atoms with Crippen LogP contribution in [0.5, 0.6) is 0 Å². The van der Waals surface area contributed by atoms with Gasteiger partial charge in [0.15, 0.2) is 5.96 Å². The first-order chi connectivity index (χ1) is 13.2. The van der Waals surface area contributed by atoms with E-state index in [-0.39, 0.29) is 0 Å². The van der Waals surface area contributed by atoms with E-state index in [1.807, 2.05) is 25.0 Å². The molecule has 1 aromatic carbocycles. The molecule has 2 aromatic heterocycles. The average molecular weight is 364 g/mol. The smallest absolute Gasteiger partial charge is 0.193 e. The van der Waals surface area contributed by atoms with E-state index in [0.29, 0.717) is 5.92 Å². The first kappa shape index (κ1) is 17.6. The molecule has 1 saturated heterocycles. The fraction of sp³-hybridized carbons (Fsp3) is 0.429. The quantitative estimate of drug-likeness (QED) is 0.553. The number of rotatable bonds is 4. The summed E-state index contributed by atoms with van der Waals surface area (Å²) in [5, 5.41) is 9.22. The summed E-state index contributed by atoms with van der Waals surface area (Å²) in [6, 6.07) is 6.42. The zero-order valence-corrected chi connectivity index (χ0v) is 16.4. The maximum absolute atomic E-state index is 4.50. The summed E-state index contributed by atoms with van der Waals surface area (Å²) in [5.41, 5.74) is 5.23. The number of likely N-dealkylation sites (tertiary alicyclic amines) is 1. The standard InChI is InChI=1S/C21H28N6/c1-15-5-4-6-19-20(15)16(11-24-19)7-9-23-21(22-2)27-10-8-17(14-27)18-12-25-26(3)13-18/h4-6,11-13,17,24H,7-10,14H2,1-3H3,(H,22,23). The molecule has 0 aliphatic carbocycles. The van der Waals surface area contributed by atoms with Crippen molar-refractivity contribution < 1.29 is 0 Å². The summed E-state index contributed by atoms with van der Waals surface area (Å²) < 4.78 is 1.88. The second kappa shape index (κ2) is 7.47. The van der Waals surface area contributed by atoms with Gasteiger partial charge in [0.2, 0.25) is 0 Å². The lowest BCUT2D eigenvalue weighted by Crippen LogP contribution is -2.40. The highest BCUT2D eigenvalue weighted by Crippen LogP contribution is 2.26. The van der Waals surface area contributed by atoms with Gasteiger partial charge in [-0.3, -0.25) is 9.67 Å². The average Bonchev–Trinajstić information content (AvgIpc) is 3.39. The Labute approximate surface area is 160 Å². The minimum absolute atomic E-state index is 0.536. The normalized spacial score (nSPS) is 17.8. The predicted octanol–water partition coefficient (Wildman–Crippen LogP) is 2.82. The number of aromatic amines is 1. The number of nitrogens with zero attached hydrogens (tertiary/aromatic N) is 4. The lowest BCUT2D eigenvalue weighted by Gasteiger charge is -2.21. The van der Waals surface area contributed by atoms with Crippen LogP contribution >= 0.6 is 0 Å². The molecule has 4 rings (SSSR count). The maximum Gasteiger partial charge on any atom is 0.193 e. The summed E-state index contributed by atoms with van der Waals surface area (Å²) >= 11 is 0. The van der Waals surface area contributed by atoms with Gasteiger partial charge >= 0.3 is 0 Å². The van der Waals surface area contributed by atoms with Crippen LogP contribution in [0.4, 0.5) is 0 Å². The van der Waals surface area contributed by atoms with Gasteiger partial charge < -0.3 is 15.2 Å². The van der Waals surface area contributed by atoms with Crippen LogP contribution in [0.2, 0.25) is 0 Å². The van der Waals surface area contributed by atoms with Gasteiger partial charge in [-0.05, 0) is 42.5 Å². The number of hydrogen-bond acceptors (Lipinski definition) is 2. The molecule has 6 heteroatoms. The molecule has 0 spiro atoms. The van der Waals surface area contributed by atoms with Crippen LogP contribution in [0.25, 0.3) is 10.9 Å². The molecule has 1 fully saturated rings. The van der Waals surface area contributed by atoms with Crippen molar-refractivity contribution in [3.05, 3.63) is 53.5 Å². The number of nitrogens with one attached hydrogen (secondary N) is 2. The highest BCUT2D eigenvalue weighted by molar-refractivity contribution is 5.86. The van der Waals surface area contributed by atoms with Gasteiger partial charge in [0, 0.05) is 62.9 Å². The van der Waals surface area contributed by atoms with E-state index in [4.69, 9.17) is 0 Å². The summed E-state index contributed by atoms with van der Waals surface area (Å²) in [7, 11) is 3.85. The van der Waals surface area contributed by atoms with Crippen molar-refractivity contribution in [1.82, 2.24) is 25.0 Å². The van der Waals surface area contributed by atoms with E-state index in [1.54, 1.807) is 0 Å². The van der Waals surface area contributed by atoms with Gasteiger partial charge in [-0.25, -0.2) is 0 Å². The molecule has 1 atom stereocenters. The molecule has 1 aliphatic rings. The molecule has 2 N–H and O–H groups in total. The van der Waals surface area contributed by atoms with Crippen LogP contribution in [0.1, 0.15) is 29.0 Å². The van der Waals surface area contributed by atoms with E-state index < -0.39 is 0 Å². The third kappa shape index (κ3) is 3.56. The van der Waals surface area contributed by atoms with Gasteiger partial charge in [0.05, 0.1) is 6.20 Å². The molecule has 1 aliphatic heterocycles. The summed E-state index contributed by atoms with van der Waals surface area (Å²) in [6.07, 6.45) is 8.38. The van der Waals surface area contributed by atoms with Crippen molar-refractivity contribution >= 4 is 16.9 Å². The van der Waals surface area contributed by atoms with Crippen molar-refractivity contribution in [2.45, 2.75) is 25.7 Å². The van der Waals surface area contributed by atoms with Crippen LogP contribution in [-0.4, -0.2) is 52.3 Å². The van der Waals surface area contributed by atoms with E-state index >= 15 is 0 Å². The molecular formula is C21H28N6. The molecule has 142 valence electrons. The molecule has 1 unspecified atom stereocenters. The monoisotopic (exact) mass is 364 g/mol. The van der Waals surface area contributed by atoms with Gasteiger partial charge in [0.1, 0.15) is 0 Å². The number of guanidine groups is 1. The fourth-order valence-corrected chi connectivity index (χ4v) is 4.17. The second-order valence-corrected chi connectivity index (χ2v) is 7.41. The number of hydrogen-bond donors (Lipinski definition) is 2. The third-order valence-electron chi connectivity index (χ3n) is 5.57. The molecule has 6 nitrogen and oxygen atoms in total. The molecule has 0 amide bonds. The molecule has 0 radical (unpaired) electrons. The maximum atomic E-state index is 4.50. The number of benzene rings is 1. The molecule has 3 aromatic rings. The first-order valence-corrected chi connectivity index (χ1v) is 9.65. The first-order valence-electron chi connectivity index (χ1n) is 9.65. The summed E-state index contributed by atoms with van der Waals surface area (Å²) in [6.45, 7) is 5.08. The molecule has 3 heterocycles. The Morgan fingerprint density at radius 2 is 2.30 bits per heavy atom. The lowest BCUT2D eigenvalue weighted by molar-refractivity contribution is 0.486. The Kier molecular flexibility index (Phi) is 4.88. The van der Waals surface area contributed by atoms with Crippen molar-refractivity contribution in [3.63, 3.8) is 0 Å². The highest BCUT2D eigenvalue weighted by atomic mass is 15.3. The Balaban J connectivity index is 1.36. The topological polar surface area (TPSA) is 61.2 Å². The minimum Gasteiger partial charge on any atom is -0.361 e. The zero-order valence-electron chi connectivity index (χ0n) is 16.4. The Morgan fingerprint density at radius 1 is 1.41 bits per heavy atom. The van der Waals surface area contributed by atoms with Crippen molar-refractivity contribution in [3.8, 4) is 0 Å². The Hall–Kier alpha value is -2.76. The van der Waals surface area contributed by atoms with E-state index in [9.17, 15) is 0 Å². The highest BCUT2D eigenvalue weighted by Gasteiger charge is 2.26. The lowest BCUT2D eigenvalue weighted by atomic mass is 10.0. The second-order valence-electron chi connectivity index (χ2n) is 7.41. The minimum atomic E-state index is 0.536. The number of aromatic nitrogens is 3. The van der Waals surface area contributed by atoms with Crippen LogP contribution in [0.15, 0.2) is 41.8 Å². The fourth-order valence-electron chi connectivity index (χ4n) is 4.17. The van der Waals surface area contributed by atoms with Crippen LogP contribution in [0, 0.1) is 6.92 Å². The largest absolute Gasteiger partial charge is 0.361 e. The van der Waals surface area contributed by atoms with Crippen molar-refractivity contribution in [1.29, 1.82) is 0 Å². The van der Waals surface area contributed by atoms with Crippen molar-refractivity contribution in [2.24, 2.45) is 12.0 Å². The van der Waals surface area contributed by atoms with E-state index in [1.165, 1.54) is 27.6 Å². The number of aliphatic imine (C=N–C) groups is 1.